The molecule has 7 heteroatoms. The summed E-state index contributed by atoms with van der Waals surface area (Å²) in [7, 11) is 0. The number of nitrogens with two attached hydrogens (primary N) is 1. The summed E-state index contributed by atoms with van der Waals surface area (Å²) < 4.78 is 25.7. The van der Waals surface area contributed by atoms with Gasteiger partial charge in [-0.1, -0.05) is 5.16 Å². The van der Waals surface area contributed by atoms with Gasteiger partial charge in [-0.15, -0.1) is 0 Å². The lowest BCUT2D eigenvalue weighted by molar-refractivity contribution is 0.0952. The predicted molar refractivity (Wildman–Crippen MR) is 61.3 cm³/mol. The van der Waals surface area contributed by atoms with E-state index in [1.807, 2.05) is 0 Å². The van der Waals surface area contributed by atoms with Gasteiger partial charge in [-0.2, -0.15) is 0 Å². The van der Waals surface area contributed by atoms with Crippen LogP contribution in [0.1, 0.15) is 23.2 Å². The van der Waals surface area contributed by atoms with Crippen LogP contribution < -0.4 is 11.1 Å². The zero-order chi connectivity index (χ0) is 13.5. The van der Waals surface area contributed by atoms with Crippen molar-refractivity contribution in [1.29, 1.82) is 0 Å². The Hall–Kier alpha value is -2.18. The second kappa shape index (κ2) is 6.53. The highest BCUT2D eigenvalue weighted by Crippen LogP contribution is 2.07. The van der Waals surface area contributed by atoms with Crippen molar-refractivity contribution in [1.82, 2.24) is 5.32 Å². The van der Waals surface area contributed by atoms with E-state index in [2.05, 4.69) is 10.5 Å². The predicted octanol–water partition coefficient (Wildman–Crippen LogP) is 1.22. The fourth-order valence-electron chi connectivity index (χ4n) is 1.31. The van der Waals surface area contributed by atoms with Gasteiger partial charge in [-0.3, -0.25) is 4.79 Å². The van der Waals surface area contributed by atoms with Gasteiger partial charge in [0, 0.05) is 24.6 Å². The average molecular weight is 257 g/mol. The summed E-state index contributed by atoms with van der Waals surface area (Å²) in [5, 5.41) is 13.5. The van der Waals surface area contributed by atoms with Crippen LogP contribution in [0.3, 0.4) is 0 Å². The third-order valence-corrected chi connectivity index (χ3v) is 2.15. The van der Waals surface area contributed by atoms with Crippen molar-refractivity contribution in [3.8, 4) is 0 Å². The number of nitrogens with one attached hydrogen (secondary N) is 1. The number of hydrogen-bond donors (Lipinski definition) is 3. The van der Waals surface area contributed by atoms with Crippen molar-refractivity contribution < 1.29 is 18.8 Å². The number of carbonyl (C=O) groups excluding carboxylic acids is 1. The van der Waals surface area contributed by atoms with Gasteiger partial charge in [0.25, 0.3) is 5.91 Å². The number of benzene rings is 1. The minimum atomic E-state index is -0.809. The first-order valence-electron chi connectivity index (χ1n) is 5.23. The molecule has 0 aromatic heterocycles. The van der Waals surface area contributed by atoms with Gasteiger partial charge in [-0.25, -0.2) is 8.78 Å². The summed E-state index contributed by atoms with van der Waals surface area (Å²) in [5.74, 6) is -2.14. The second-order valence-corrected chi connectivity index (χ2v) is 3.61. The van der Waals surface area contributed by atoms with Gasteiger partial charge in [0.05, 0.1) is 0 Å². The van der Waals surface area contributed by atoms with Gasteiger partial charge in [0.15, 0.2) is 0 Å². The molecule has 0 bridgehead atoms. The molecule has 0 unspecified atom stereocenters. The Morgan fingerprint density at radius 2 is 1.94 bits per heavy atom. The highest BCUT2D eigenvalue weighted by atomic mass is 19.1. The Morgan fingerprint density at radius 1 is 1.33 bits per heavy atom. The Labute approximate surface area is 102 Å². The van der Waals surface area contributed by atoms with Gasteiger partial charge >= 0.3 is 0 Å². The molecule has 0 saturated heterocycles. The SMILES string of the molecule is NC(CCCNC(=O)c1cc(F)cc(F)c1)=NO. The molecule has 0 atom stereocenters. The molecule has 0 aliphatic rings. The summed E-state index contributed by atoms with van der Waals surface area (Å²) >= 11 is 0. The molecule has 1 rings (SSSR count). The molecular weight excluding hydrogens is 244 g/mol. The number of rotatable bonds is 5. The summed E-state index contributed by atoms with van der Waals surface area (Å²) in [6.07, 6.45) is 0.772. The number of oxime groups is 1. The molecule has 1 aromatic carbocycles. The van der Waals surface area contributed by atoms with Crippen LogP contribution in [-0.2, 0) is 0 Å². The first-order valence-corrected chi connectivity index (χ1v) is 5.23. The molecule has 0 fully saturated rings. The van der Waals surface area contributed by atoms with E-state index >= 15 is 0 Å². The van der Waals surface area contributed by atoms with Gasteiger partial charge in [-0.05, 0) is 18.6 Å². The first kappa shape index (κ1) is 13.9. The maximum Gasteiger partial charge on any atom is 0.251 e. The molecule has 1 aromatic rings. The molecule has 98 valence electrons. The Bertz CT molecular complexity index is 443. The fraction of sp³-hybridized carbons (Fsp3) is 0.273. The first-order chi connectivity index (χ1) is 8.52. The maximum atomic E-state index is 12.8. The lowest BCUT2D eigenvalue weighted by atomic mass is 10.2. The second-order valence-electron chi connectivity index (χ2n) is 3.61. The van der Waals surface area contributed by atoms with E-state index < -0.39 is 17.5 Å². The van der Waals surface area contributed by atoms with Crippen LogP contribution >= 0.6 is 0 Å². The zero-order valence-electron chi connectivity index (χ0n) is 9.49. The number of nitrogens with zero attached hydrogens (tertiary/aromatic N) is 1. The molecule has 0 heterocycles. The topological polar surface area (TPSA) is 87.7 Å². The van der Waals surface area contributed by atoms with Crippen LogP contribution in [0.25, 0.3) is 0 Å². The molecule has 0 radical (unpaired) electrons. The number of hydrogen-bond acceptors (Lipinski definition) is 3. The van der Waals surface area contributed by atoms with Crippen molar-refractivity contribution in [2.24, 2.45) is 10.9 Å². The van der Waals surface area contributed by atoms with Crippen LogP contribution in [0.5, 0.6) is 0 Å². The van der Waals surface area contributed by atoms with E-state index in [1.54, 1.807) is 0 Å². The van der Waals surface area contributed by atoms with Gasteiger partial charge in [0.1, 0.15) is 17.5 Å². The lowest BCUT2D eigenvalue weighted by Gasteiger charge is -2.05. The van der Waals surface area contributed by atoms with E-state index in [1.165, 1.54) is 0 Å². The highest BCUT2D eigenvalue weighted by Gasteiger charge is 2.08. The Kier molecular flexibility index (Phi) is 5.04. The van der Waals surface area contributed by atoms with E-state index in [9.17, 15) is 13.6 Å². The standard InChI is InChI=1S/C11H13F2N3O2/c12-8-4-7(5-9(13)6-8)11(17)15-3-1-2-10(14)16-18/h4-6,18H,1-3H2,(H2,14,16)(H,15,17). The van der Waals surface area contributed by atoms with E-state index in [0.717, 1.165) is 12.1 Å². The van der Waals surface area contributed by atoms with Gasteiger partial charge < -0.3 is 16.3 Å². The Morgan fingerprint density at radius 3 is 2.50 bits per heavy atom. The third-order valence-electron chi connectivity index (χ3n) is 2.15. The quantitative estimate of drug-likeness (QED) is 0.244. The summed E-state index contributed by atoms with van der Waals surface area (Å²) in [6.45, 7) is 0.257. The van der Waals surface area contributed by atoms with Crippen LogP contribution in [0.15, 0.2) is 23.4 Å². The van der Waals surface area contributed by atoms with Crippen LogP contribution in [0.4, 0.5) is 8.78 Å². The minimum absolute atomic E-state index is 0.0565. The molecule has 5 nitrogen and oxygen atoms in total. The average Bonchev–Trinajstić information content (AvgIpc) is 2.32. The van der Waals surface area contributed by atoms with Crippen molar-refractivity contribution in [3.05, 3.63) is 35.4 Å². The highest BCUT2D eigenvalue weighted by molar-refractivity contribution is 5.94. The molecule has 18 heavy (non-hydrogen) atoms. The zero-order valence-corrected chi connectivity index (χ0v) is 9.49. The Balaban J connectivity index is 2.46. The van der Waals surface area contributed by atoms with Crippen LogP contribution in [0, 0.1) is 11.6 Å². The largest absolute Gasteiger partial charge is 0.409 e. The van der Waals surface area contributed by atoms with E-state index in [0.29, 0.717) is 18.9 Å². The summed E-state index contributed by atoms with van der Waals surface area (Å²) in [4.78, 5) is 11.5. The number of carbonyl (C=O) groups is 1. The minimum Gasteiger partial charge on any atom is -0.409 e. The van der Waals surface area contributed by atoms with E-state index in [4.69, 9.17) is 10.9 Å². The normalized spacial score (nSPS) is 11.3. The maximum absolute atomic E-state index is 12.8. The molecule has 4 N–H and O–H groups in total. The molecule has 0 spiro atoms. The number of amidine groups is 1. The smallest absolute Gasteiger partial charge is 0.251 e. The number of halogens is 2. The van der Waals surface area contributed by atoms with Crippen LogP contribution in [-0.4, -0.2) is 23.5 Å². The fourth-order valence-corrected chi connectivity index (χ4v) is 1.31. The van der Waals surface area contributed by atoms with Crippen molar-refractivity contribution in [2.45, 2.75) is 12.8 Å². The van der Waals surface area contributed by atoms with Crippen molar-refractivity contribution in [3.63, 3.8) is 0 Å². The molecule has 0 saturated carbocycles. The molecular formula is C11H13F2N3O2. The summed E-state index contributed by atoms with van der Waals surface area (Å²) in [6, 6.07) is 2.58. The van der Waals surface area contributed by atoms with Crippen molar-refractivity contribution in [2.75, 3.05) is 6.54 Å². The molecule has 1 amide bonds. The lowest BCUT2D eigenvalue weighted by Crippen LogP contribution is -2.25. The molecule has 0 aliphatic carbocycles. The van der Waals surface area contributed by atoms with E-state index in [-0.39, 0.29) is 17.9 Å². The summed E-state index contributed by atoms with van der Waals surface area (Å²) in [5.41, 5.74) is 5.14. The van der Waals surface area contributed by atoms with Gasteiger partial charge in [0.2, 0.25) is 0 Å². The van der Waals surface area contributed by atoms with Crippen molar-refractivity contribution >= 4 is 11.7 Å². The van der Waals surface area contributed by atoms with Crippen LogP contribution in [0.2, 0.25) is 0 Å². The monoisotopic (exact) mass is 257 g/mol. The third kappa shape index (κ3) is 4.36. The number of amides is 1. The molecule has 0 aliphatic heterocycles.